The Labute approximate surface area is 598 Å². The van der Waals surface area contributed by atoms with Crippen molar-refractivity contribution in [1.82, 2.24) is 69.1 Å². The van der Waals surface area contributed by atoms with Gasteiger partial charge in [-0.05, 0) is 112 Å². The number of carboxylic acid groups (broad SMARTS) is 1. The second kappa shape index (κ2) is 47.3. The first kappa shape index (κ1) is 91.1. The van der Waals surface area contributed by atoms with Crippen LogP contribution in [-0.4, -0.2) is 204 Å². The highest BCUT2D eigenvalue weighted by atomic mass is 16.4. The van der Waals surface area contributed by atoms with Gasteiger partial charge in [0.25, 0.3) is 0 Å². The summed E-state index contributed by atoms with van der Waals surface area (Å²) in [6, 6.07) is -7.37. The zero-order valence-corrected chi connectivity index (χ0v) is 61.4. The number of nitrogens with two attached hydrogens (primary N) is 4. The predicted molar refractivity (Wildman–Crippen MR) is 378 cm³/mol. The zero-order valence-electron chi connectivity index (χ0n) is 61.4. The number of aliphatic hydroxyl groups is 1. The Morgan fingerprint density at radius 2 is 0.824 bits per heavy atom. The summed E-state index contributed by atoms with van der Waals surface area (Å²) in [6.07, 6.45) is 1.38. The third-order valence-corrected chi connectivity index (χ3v) is 16.5. The van der Waals surface area contributed by atoms with E-state index in [1.54, 1.807) is 99.6 Å². The lowest BCUT2D eigenvalue weighted by Crippen LogP contribution is -2.62. The molecular formula is C68H117N17O17. The van der Waals surface area contributed by atoms with E-state index in [9.17, 15) is 82.1 Å². The Kier molecular flexibility index (Phi) is 42.3. The number of amides is 14. The molecule has 23 N–H and O–H groups in total. The highest BCUT2D eigenvalue weighted by molar-refractivity contribution is 6.00. The standard InChI is InChI=1S/C68H117N17O17/c1-14-40(12)56(85-63(97)48(31-52(89)90)81-59(93)43(71)28-35(2)3)68(102)84-54(38(8)9)66(100)78-44(24-18-20-26-69)61(95)77-45(25-19-21-27-70)62(96)82-55(39(10)11)67(101)83-53(37(6)7)65(99)74-32-50(87)75-41(13)58(92)80-47(30-42-22-16-15-17-23-42)60(94)73-33-51(88)76-49(34-86)64(98)79-46(57(72)91)29-36(4)5/h15-17,22-23,35-41,43-49,53-56,86H,14,18-21,24-34,69-71H2,1-13H3,(H2,72,91)(H,73,94)(H,74,99)(H,75,87)(H,76,88)(H,77,95)(H,78,100)(H,79,98)(H,80,92)(H,81,93)(H,82,96)(H,83,101)(H,84,102)(H,85,97)(H,89,90)/t40-,41-,43-,44-,45-,46-,47-,48-,49-,53-,54-,55-,56-/m0/s1. The number of carbonyl (C=O) groups is 15. The molecule has 1 aromatic carbocycles. The normalized spacial score (nSPS) is 15.2. The van der Waals surface area contributed by atoms with E-state index < -0.39 is 211 Å². The molecule has 0 spiro atoms. The van der Waals surface area contributed by atoms with Crippen LogP contribution in [0.4, 0.5) is 0 Å². The Bertz CT molecular complexity index is 2940. The minimum absolute atomic E-state index is 0.00284. The Morgan fingerprint density at radius 3 is 1.29 bits per heavy atom. The maximum absolute atomic E-state index is 14.4. The molecule has 14 amide bonds. The molecular weight excluding hydrogens is 1330 g/mol. The highest BCUT2D eigenvalue weighted by Crippen LogP contribution is 2.15. The molecule has 576 valence electrons. The summed E-state index contributed by atoms with van der Waals surface area (Å²) >= 11 is 0. The van der Waals surface area contributed by atoms with Crippen LogP contribution in [0.1, 0.15) is 160 Å². The van der Waals surface area contributed by atoms with Gasteiger partial charge in [-0.3, -0.25) is 71.9 Å². The van der Waals surface area contributed by atoms with Crippen molar-refractivity contribution in [3.05, 3.63) is 35.9 Å². The van der Waals surface area contributed by atoms with E-state index in [-0.39, 0.29) is 57.0 Å². The highest BCUT2D eigenvalue weighted by Gasteiger charge is 2.38. The summed E-state index contributed by atoms with van der Waals surface area (Å²) in [5, 5.41) is 52.4. The van der Waals surface area contributed by atoms with Gasteiger partial charge in [0.15, 0.2) is 0 Å². The van der Waals surface area contributed by atoms with Crippen molar-refractivity contribution in [2.75, 3.05) is 32.8 Å². The van der Waals surface area contributed by atoms with Gasteiger partial charge < -0.3 is 102 Å². The number of nitrogens with one attached hydrogen (secondary N) is 13. The van der Waals surface area contributed by atoms with Gasteiger partial charge in [-0.2, -0.15) is 0 Å². The van der Waals surface area contributed by atoms with Crippen molar-refractivity contribution >= 4 is 88.7 Å². The second-order valence-corrected chi connectivity index (χ2v) is 27.5. The number of aliphatic carboxylic acids is 1. The number of benzene rings is 1. The number of rotatable bonds is 49. The summed E-state index contributed by atoms with van der Waals surface area (Å²) in [5.41, 5.74) is 23.6. The van der Waals surface area contributed by atoms with Crippen LogP contribution in [-0.2, 0) is 78.3 Å². The molecule has 0 unspecified atom stereocenters. The van der Waals surface area contributed by atoms with Crippen molar-refractivity contribution in [3.8, 4) is 0 Å². The Balaban J connectivity index is 3.31. The van der Waals surface area contributed by atoms with Crippen LogP contribution in [0.15, 0.2) is 30.3 Å². The summed E-state index contributed by atoms with van der Waals surface area (Å²) in [4.78, 5) is 202. The lowest BCUT2D eigenvalue weighted by molar-refractivity contribution is -0.141. The van der Waals surface area contributed by atoms with Crippen molar-refractivity contribution in [1.29, 1.82) is 0 Å². The van der Waals surface area contributed by atoms with Crippen LogP contribution in [0, 0.1) is 35.5 Å². The van der Waals surface area contributed by atoms with Gasteiger partial charge in [-0.1, -0.05) is 120 Å². The number of unbranched alkanes of at least 4 members (excludes halogenated alkanes) is 2. The molecule has 34 heteroatoms. The van der Waals surface area contributed by atoms with Gasteiger partial charge in [0, 0.05) is 6.42 Å². The number of aliphatic hydroxyl groups excluding tert-OH is 1. The van der Waals surface area contributed by atoms with Crippen LogP contribution in [0.5, 0.6) is 0 Å². The van der Waals surface area contributed by atoms with E-state index in [0.717, 1.165) is 0 Å². The van der Waals surface area contributed by atoms with Gasteiger partial charge in [0.05, 0.1) is 32.2 Å². The number of carbonyl (C=O) groups excluding carboxylic acids is 14. The SMILES string of the molecule is CC[C@H](C)[C@H](NC(=O)[C@H](CC(=O)O)NC(=O)[C@@H](N)CC(C)C)C(=O)N[C@H](C(=O)N[C@@H](CCCCN)C(=O)N[C@@H](CCCCN)C(=O)N[C@H](C(=O)N[C@H](C(=O)NCC(=O)N[C@@H](C)C(=O)N[C@@H](Cc1ccccc1)C(=O)NCC(=O)N[C@@H](CO)C(=O)N[C@@H](CC(C)C)C(N)=O)C(C)C)C(C)C)C(C)C. The number of hydrogen-bond acceptors (Lipinski definition) is 19. The Morgan fingerprint density at radius 1 is 0.422 bits per heavy atom. The molecule has 0 saturated heterocycles. The molecule has 0 fully saturated rings. The molecule has 0 aliphatic carbocycles. The molecule has 0 aromatic heterocycles. The van der Waals surface area contributed by atoms with Gasteiger partial charge in [0.1, 0.15) is 66.5 Å². The minimum atomic E-state index is -1.62. The molecule has 0 saturated carbocycles. The predicted octanol–water partition coefficient (Wildman–Crippen LogP) is -3.54. The van der Waals surface area contributed by atoms with Gasteiger partial charge >= 0.3 is 5.97 Å². The van der Waals surface area contributed by atoms with Crippen molar-refractivity contribution in [2.45, 2.75) is 233 Å². The van der Waals surface area contributed by atoms with Crippen molar-refractivity contribution < 1.29 is 82.1 Å². The lowest BCUT2D eigenvalue weighted by atomic mass is 9.95. The summed E-state index contributed by atoms with van der Waals surface area (Å²) in [6.45, 7) is 19.9. The van der Waals surface area contributed by atoms with Gasteiger partial charge in [-0.15, -0.1) is 0 Å². The average Bonchev–Trinajstić information content (AvgIpc) is 0.844. The molecule has 13 atom stereocenters. The maximum Gasteiger partial charge on any atom is 0.305 e. The van der Waals surface area contributed by atoms with Gasteiger partial charge in [0.2, 0.25) is 82.7 Å². The first-order valence-electron chi connectivity index (χ1n) is 35.0. The zero-order chi connectivity index (χ0) is 77.7. The largest absolute Gasteiger partial charge is 0.481 e. The fourth-order valence-corrected chi connectivity index (χ4v) is 10.3. The van der Waals surface area contributed by atoms with E-state index in [0.29, 0.717) is 37.7 Å². The van der Waals surface area contributed by atoms with Gasteiger partial charge in [-0.25, -0.2) is 0 Å². The summed E-state index contributed by atoms with van der Waals surface area (Å²) in [7, 11) is 0. The average molecular weight is 1440 g/mol. The molecule has 0 radical (unpaired) electrons. The molecule has 34 nitrogen and oxygen atoms in total. The lowest BCUT2D eigenvalue weighted by Gasteiger charge is -2.31. The maximum atomic E-state index is 14.4. The molecule has 0 heterocycles. The fourth-order valence-electron chi connectivity index (χ4n) is 10.3. The molecule has 0 bridgehead atoms. The topological polar surface area (TPSA) is 557 Å². The van der Waals surface area contributed by atoms with E-state index in [1.165, 1.54) is 6.92 Å². The molecule has 0 aliphatic heterocycles. The third-order valence-electron chi connectivity index (χ3n) is 16.5. The molecule has 1 aromatic rings. The minimum Gasteiger partial charge on any atom is -0.481 e. The smallest absolute Gasteiger partial charge is 0.305 e. The van der Waals surface area contributed by atoms with Crippen LogP contribution in [0.3, 0.4) is 0 Å². The second-order valence-electron chi connectivity index (χ2n) is 27.5. The van der Waals surface area contributed by atoms with E-state index in [1.807, 2.05) is 13.8 Å². The van der Waals surface area contributed by atoms with E-state index >= 15 is 0 Å². The van der Waals surface area contributed by atoms with Crippen LogP contribution >= 0.6 is 0 Å². The van der Waals surface area contributed by atoms with Crippen LogP contribution in [0.25, 0.3) is 0 Å². The van der Waals surface area contributed by atoms with Crippen LogP contribution in [0.2, 0.25) is 0 Å². The molecule has 0 aliphatic rings. The number of hydrogen-bond donors (Lipinski definition) is 19. The van der Waals surface area contributed by atoms with E-state index in [2.05, 4.69) is 69.1 Å². The van der Waals surface area contributed by atoms with Crippen LogP contribution < -0.4 is 92.1 Å². The summed E-state index contributed by atoms with van der Waals surface area (Å²) in [5.74, 6) is -15.7. The monoisotopic (exact) mass is 1440 g/mol. The summed E-state index contributed by atoms with van der Waals surface area (Å²) < 4.78 is 0. The molecule has 102 heavy (non-hydrogen) atoms. The number of primary amides is 1. The molecule has 1 rings (SSSR count). The quantitative estimate of drug-likeness (QED) is 0.0281. The van der Waals surface area contributed by atoms with Crippen molar-refractivity contribution in [2.24, 2.45) is 58.4 Å². The number of carboxylic acids is 1. The van der Waals surface area contributed by atoms with E-state index in [4.69, 9.17) is 22.9 Å². The Hall–Kier alpha value is -8.89. The first-order valence-corrected chi connectivity index (χ1v) is 35.0. The third kappa shape index (κ3) is 34.2. The van der Waals surface area contributed by atoms with Crippen molar-refractivity contribution in [3.63, 3.8) is 0 Å². The fraction of sp³-hybridized carbons (Fsp3) is 0.691. The first-order chi connectivity index (χ1) is 47.8.